The van der Waals surface area contributed by atoms with Gasteiger partial charge in [0, 0.05) is 15.6 Å². The van der Waals surface area contributed by atoms with Gasteiger partial charge >= 0.3 is 0 Å². The predicted molar refractivity (Wildman–Crippen MR) is 118 cm³/mol. The molecule has 0 spiro atoms. The summed E-state index contributed by atoms with van der Waals surface area (Å²) < 4.78 is 1.91. The van der Waals surface area contributed by atoms with E-state index in [1.54, 1.807) is 12.7 Å². The van der Waals surface area contributed by atoms with Crippen molar-refractivity contribution in [2.45, 2.75) is 32.7 Å². The molecule has 7 heteroatoms. The van der Waals surface area contributed by atoms with E-state index in [1.165, 1.54) is 0 Å². The first kappa shape index (κ1) is 19.7. The van der Waals surface area contributed by atoms with E-state index < -0.39 is 0 Å². The summed E-state index contributed by atoms with van der Waals surface area (Å²) in [5.41, 5.74) is 4.96. The van der Waals surface area contributed by atoms with E-state index in [4.69, 9.17) is 28.2 Å². The Bertz CT molecular complexity index is 1230. The van der Waals surface area contributed by atoms with Crippen molar-refractivity contribution in [1.29, 1.82) is 0 Å². The second-order valence-corrected chi connectivity index (χ2v) is 8.69. The number of halogens is 2. The second kappa shape index (κ2) is 7.65. The number of nitrogens with zero attached hydrogens (tertiary/aromatic N) is 4. The largest absolute Gasteiger partial charge is 0.340 e. The second-order valence-electron chi connectivity index (χ2n) is 7.88. The van der Waals surface area contributed by atoms with E-state index in [2.05, 4.69) is 41.8 Å². The smallest absolute Gasteiger partial charge is 0.181 e. The highest BCUT2D eigenvalue weighted by atomic mass is 35.5. The molecule has 0 unspecified atom stereocenters. The molecule has 0 amide bonds. The summed E-state index contributed by atoms with van der Waals surface area (Å²) in [4.78, 5) is 17.1. The van der Waals surface area contributed by atoms with E-state index in [0.29, 0.717) is 22.1 Å². The van der Waals surface area contributed by atoms with Gasteiger partial charge in [-0.05, 0) is 29.2 Å². The molecule has 0 aliphatic heterocycles. The zero-order valence-corrected chi connectivity index (χ0v) is 18.0. The number of benzene rings is 2. The van der Waals surface area contributed by atoms with Gasteiger partial charge in [0.05, 0.1) is 24.9 Å². The average molecular weight is 426 g/mol. The lowest BCUT2D eigenvalue weighted by Crippen LogP contribution is -2.16. The summed E-state index contributed by atoms with van der Waals surface area (Å²) in [6.07, 6.45) is 3.37. The molecule has 0 aliphatic rings. The molecule has 0 aliphatic carbocycles. The minimum absolute atomic E-state index is 0.0251. The minimum Gasteiger partial charge on any atom is -0.340 e. The van der Waals surface area contributed by atoms with Crippen molar-refractivity contribution < 1.29 is 0 Å². The summed E-state index contributed by atoms with van der Waals surface area (Å²) >= 11 is 12.7. The summed E-state index contributed by atoms with van der Waals surface area (Å²) in [6, 6.07) is 13.6. The molecular formula is C22H21Cl2N5. The third kappa shape index (κ3) is 3.93. The fourth-order valence-electron chi connectivity index (χ4n) is 3.29. The number of aromatic amines is 1. The van der Waals surface area contributed by atoms with Crippen molar-refractivity contribution in [2.75, 3.05) is 0 Å². The normalized spacial score (nSPS) is 12.7. The Labute approximate surface area is 179 Å². The van der Waals surface area contributed by atoms with Crippen molar-refractivity contribution in [3.8, 4) is 0 Å². The van der Waals surface area contributed by atoms with Crippen LogP contribution < -0.4 is 5.49 Å². The number of aromatic nitrogens is 4. The van der Waals surface area contributed by atoms with Crippen LogP contribution >= 0.6 is 23.2 Å². The van der Waals surface area contributed by atoms with Crippen LogP contribution in [0.4, 0.5) is 5.69 Å². The minimum atomic E-state index is -0.0251. The maximum atomic E-state index is 6.34. The van der Waals surface area contributed by atoms with Gasteiger partial charge in [0.25, 0.3) is 0 Å². The van der Waals surface area contributed by atoms with Gasteiger partial charge in [0.1, 0.15) is 5.52 Å². The number of rotatable bonds is 3. The molecule has 2 aromatic carbocycles. The Balaban J connectivity index is 1.84. The fourth-order valence-corrected chi connectivity index (χ4v) is 3.80. The molecule has 2 heterocycles. The van der Waals surface area contributed by atoms with Crippen molar-refractivity contribution in [1.82, 2.24) is 19.5 Å². The molecule has 5 nitrogen and oxygen atoms in total. The average Bonchev–Trinajstić information content (AvgIpc) is 3.16. The number of fused-ring (bicyclic) bond motifs is 1. The molecule has 0 saturated carbocycles. The van der Waals surface area contributed by atoms with Crippen LogP contribution in [0.25, 0.3) is 11.2 Å². The SMILES string of the molecule is CC(C)(C)c1ccccc1N=c1ncn(Cc2c(Cl)cccc2Cl)c2nc[nH]c12. The Hall–Kier alpha value is -2.63. The molecule has 0 bridgehead atoms. The van der Waals surface area contributed by atoms with Gasteiger partial charge in [0.2, 0.25) is 0 Å². The van der Waals surface area contributed by atoms with Crippen molar-refractivity contribution in [3.63, 3.8) is 0 Å². The molecule has 0 radical (unpaired) electrons. The molecule has 1 N–H and O–H groups in total. The van der Waals surface area contributed by atoms with Crippen LogP contribution in [-0.2, 0) is 12.0 Å². The summed E-state index contributed by atoms with van der Waals surface area (Å²) in [7, 11) is 0. The summed E-state index contributed by atoms with van der Waals surface area (Å²) in [6.45, 7) is 6.98. The summed E-state index contributed by atoms with van der Waals surface area (Å²) in [5, 5.41) is 1.23. The number of imidazole rings is 1. The first-order chi connectivity index (χ1) is 13.8. The van der Waals surface area contributed by atoms with E-state index in [-0.39, 0.29) is 5.41 Å². The van der Waals surface area contributed by atoms with E-state index in [9.17, 15) is 0 Å². The van der Waals surface area contributed by atoms with Crippen LogP contribution in [0.15, 0.2) is 60.1 Å². The molecule has 0 saturated heterocycles. The van der Waals surface area contributed by atoms with Gasteiger partial charge in [-0.15, -0.1) is 0 Å². The van der Waals surface area contributed by atoms with Gasteiger partial charge in [-0.25, -0.2) is 15.0 Å². The van der Waals surface area contributed by atoms with Crippen LogP contribution in [0.3, 0.4) is 0 Å². The maximum absolute atomic E-state index is 6.34. The lowest BCUT2D eigenvalue weighted by molar-refractivity contribution is 0.591. The van der Waals surface area contributed by atoms with Gasteiger partial charge in [-0.1, -0.05) is 68.2 Å². The molecule has 29 heavy (non-hydrogen) atoms. The van der Waals surface area contributed by atoms with Crippen molar-refractivity contribution in [2.24, 2.45) is 4.99 Å². The quantitative estimate of drug-likeness (QED) is 0.461. The van der Waals surface area contributed by atoms with Crippen molar-refractivity contribution >= 4 is 40.1 Å². The molecule has 148 valence electrons. The predicted octanol–water partition coefficient (Wildman–Crippen LogP) is 5.64. The third-order valence-electron chi connectivity index (χ3n) is 4.76. The van der Waals surface area contributed by atoms with Crippen LogP contribution in [-0.4, -0.2) is 19.5 Å². The highest BCUT2D eigenvalue weighted by Gasteiger charge is 2.17. The van der Waals surface area contributed by atoms with Gasteiger partial charge in [-0.2, -0.15) is 0 Å². The monoisotopic (exact) mass is 425 g/mol. The number of para-hydroxylation sites is 1. The van der Waals surface area contributed by atoms with E-state index in [0.717, 1.165) is 28.0 Å². The topological polar surface area (TPSA) is 58.9 Å². The Morgan fingerprint density at radius 1 is 1.00 bits per heavy atom. The number of H-pyrrole nitrogens is 1. The molecule has 0 atom stereocenters. The first-order valence-electron chi connectivity index (χ1n) is 9.30. The number of hydrogen-bond donors (Lipinski definition) is 1. The molecule has 4 rings (SSSR count). The lowest BCUT2D eigenvalue weighted by atomic mass is 9.86. The van der Waals surface area contributed by atoms with Crippen LogP contribution in [0.5, 0.6) is 0 Å². The lowest BCUT2D eigenvalue weighted by Gasteiger charge is -2.20. The van der Waals surface area contributed by atoms with Crippen LogP contribution in [0, 0.1) is 0 Å². The number of nitrogens with one attached hydrogen (secondary N) is 1. The third-order valence-corrected chi connectivity index (χ3v) is 5.47. The zero-order chi connectivity index (χ0) is 20.6. The molecule has 0 fully saturated rings. The van der Waals surface area contributed by atoms with Crippen molar-refractivity contribution in [3.05, 3.63) is 81.8 Å². The maximum Gasteiger partial charge on any atom is 0.181 e. The summed E-state index contributed by atoms with van der Waals surface area (Å²) in [5.74, 6) is 0. The first-order valence-corrected chi connectivity index (χ1v) is 10.1. The van der Waals surface area contributed by atoms with E-state index >= 15 is 0 Å². The Kier molecular flexibility index (Phi) is 5.19. The highest BCUT2D eigenvalue weighted by molar-refractivity contribution is 6.36. The Morgan fingerprint density at radius 2 is 1.72 bits per heavy atom. The van der Waals surface area contributed by atoms with Gasteiger partial charge in [0.15, 0.2) is 11.1 Å². The Morgan fingerprint density at radius 3 is 2.45 bits per heavy atom. The fraction of sp³-hybridized carbons (Fsp3) is 0.227. The molecule has 2 aromatic heterocycles. The van der Waals surface area contributed by atoms with Gasteiger partial charge in [-0.3, -0.25) is 0 Å². The number of hydrogen-bond acceptors (Lipinski definition) is 3. The van der Waals surface area contributed by atoms with Crippen LogP contribution in [0.1, 0.15) is 31.9 Å². The van der Waals surface area contributed by atoms with Gasteiger partial charge < -0.3 is 9.55 Å². The van der Waals surface area contributed by atoms with Crippen LogP contribution in [0.2, 0.25) is 10.0 Å². The standard InChI is InChI=1S/C22H21Cl2N5/c1-22(2,3)15-7-4-5-10-18(15)28-20-19-21(26-12-25-19)29(13-27-20)11-14-16(23)8-6-9-17(14)24/h4-10,12-13H,11H2,1-3H3,(H,25,26). The highest BCUT2D eigenvalue weighted by Crippen LogP contribution is 2.31. The van der Waals surface area contributed by atoms with E-state index in [1.807, 2.05) is 41.0 Å². The molecular weight excluding hydrogens is 405 g/mol. The molecule has 4 aromatic rings. The zero-order valence-electron chi connectivity index (χ0n) is 16.4.